The van der Waals surface area contributed by atoms with Crippen molar-refractivity contribution in [1.29, 1.82) is 0 Å². The molecule has 4 rings (SSSR count). The number of para-hydroxylation sites is 1. The molecule has 34 heavy (non-hydrogen) atoms. The summed E-state index contributed by atoms with van der Waals surface area (Å²) in [6, 6.07) is 19.6. The SMILES string of the molecule is CN(CCCOc1cccc(S(C)(=O)=O)c1)C(=O)c1cc(-c2ccncc2)nc2ccccc12. The fraction of sp³-hybridized carbons (Fsp3) is 0.192. The van der Waals surface area contributed by atoms with Crippen LogP contribution in [0.2, 0.25) is 0 Å². The normalized spacial score (nSPS) is 11.4. The summed E-state index contributed by atoms with van der Waals surface area (Å²) >= 11 is 0. The molecule has 0 radical (unpaired) electrons. The van der Waals surface area contributed by atoms with Crippen molar-refractivity contribution in [1.82, 2.24) is 14.9 Å². The number of carbonyl (C=O) groups excluding carboxylic acids is 1. The van der Waals surface area contributed by atoms with Crippen molar-refractivity contribution in [2.45, 2.75) is 11.3 Å². The Bertz CT molecular complexity index is 1420. The molecule has 4 aromatic rings. The van der Waals surface area contributed by atoms with Crippen LogP contribution < -0.4 is 4.74 Å². The molecule has 1 amide bonds. The van der Waals surface area contributed by atoms with Gasteiger partial charge in [0, 0.05) is 43.2 Å². The lowest BCUT2D eigenvalue weighted by molar-refractivity contribution is 0.0789. The molecule has 7 nitrogen and oxygen atoms in total. The topological polar surface area (TPSA) is 89.5 Å². The van der Waals surface area contributed by atoms with E-state index in [2.05, 4.69) is 4.98 Å². The number of rotatable bonds is 8. The highest BCUT2D eigenvalue weighted by Crippen LogP contribution is 2.25. The zero-order valence-electron chi connectivity index (χ0n) is 19.0. The van der Waals surface area contributed by atoms with Gasteiger partial charge in [-0.05, 0) is 48.9 Å². The Morgan fingerprint density at radius 1 is 1.00 bits per heavy atom. The van der Waals surface area contributed by atoms with Crippen molar-refractivity contribution >= 4 is 26.6 Å². The first kappa shape index (κ1) is 23.4. The van der Waals surface area contributed by atoms with E-state index >= 15 is 0 Å². The summed E-state index contributed by atoms with van der Waals surface area (Å²) in [5.41, 5.74) is 2.94. The van der Waals surface area contributed by atoms with Crippen molar-refractivity contribution in [2.24, 2.45) is 0 Å². The molecule has 0 fully saturated rings. The summed E-state index contributed by atoms with van der Waals surface area (Å²) in [6.45, 7) is 0.829. The highest BCUT2D eigenvalue weighted by Gasteiger charge is 2.17. The molecule has 8 heteroatoms. The quantitative estimate of drug-likeness (QED) is 0.354. The van der Waals surface area contributed by atoms with Gasteiger partial charge in [-0.25, -0.2) is 13.4 Å². The number of hydrogen-bond acceptors (Lipinski definition) is 6. The molecular formula is C26H25N3O4S. The lowest BCUT2D eigenvalue weighted by Gasteiger charge is -2.19. The lowest BCUT2D eigenvalue weighted by atomic mass is 10.0. The molecule has 174 valence electrons. The van der Waals surface area contributed by atoms with E-state index in [0.29, 0.717) is 36.6 Å². The number of pyridine rings is 2. The number of amides is 1. The maximum atomic E-state index is 13.3. The van der Waals surface area contributed by atoms with E-state index in [-0.39, 0.29) is 10.8 Å². The highest BCUT2D eigenvalue weighted by molar-refractivity contribution is 7.90. The maximum absolute atomic E-state index is 13.3. The second kappa shape index (κ2) is 10.0. The van der Waals surface area contributed by atoms with E-state index < -0.39 is 9.84 Å². The van der Waals surface area contributed by atoms with E-state index in [1.807, 2.05) is 42.5 Å². The first-order chi connectivity index (χ1) is 16.3. The van der Waals surface area contributed by atoms with E-state index in [1.54, 1.807) is 36.5 Å². The Morgan fingerprint density at radius 2 is 1.76 bits per heavy atom. The van der Waals surface area contributed by atoms with Gasteiger partial charge in [0.2, 0.25) is 0 Å². The Morgan fingerprint density at radius 3 is 2.53 bits per heavy atom. The van der Waals surface area contributed by atoms with Crippen LogP contribution in [-0.2, 0) is 9.84 Å². The zero-order valence-corrected chi connectivity index (χ0v) is 19.8. The van der Waals surface area contributed by atoms with Crippen LogP contribution in [-0.4, -0.2) is 55.6 Å². The Kier molecular flexibility index (Phi) is 6.88. The Hall–Kier alpha value is -3.78. The van der Waals surface area contributed by atoms with Crippen LogP contribution in [0.5, 0.6) is 5.75 Å². The van der Waals surface area contributed by atoms with Gasteiger partial charge in [-0.1, -0.05) is 24.3 Å². The summed E-state index contributed by atoms with van der Waals surface area (Å²) in [6.07, 6.45) is 5.15. The average molecular weight is 476 g/mol. The summed E-state index contributed by atoms with van der Waals surface area (Å²) in [7, 11) is -1.54. The van der Waals surface area contributed by atoms with Gasteiger partial charge in [0.1, 0.15) is 5.75 Å². The number of ether oxygens (including phenoxy) is 1. The van der Waals surface area contributed by atoms with Crippen molar-refractivity contribution < 1.29 is 17.9 Å². The van der Waals surface area contributed by atoms with E-state index in [9.17, 15) is 13.2 Å². The fourth-order valence-electron chi connectivity index (χ4n) is 3.62. The number of fused-ring (bicyclic) bond motifs is 1. The van der Waals surface area contributed by atoms with Crippen LogP contribution in [0.1, 0.15) is 16.8 Å². The zero-order chi connectivity index (χ0) is 24.1. The molecule has 0 aliphatic carbocycles. The minimum Gasteiger partial charge on any atom is -0.493 e. The number of aromatic nitrogens is 2. The number of carbonyl (C=O) groups is 1. The molecule has 0 saturated carbocycles. The number of sulfone groups is 1. The van der Waals surface area contributed by atoms with Gasteiger partial charge in [-0.15, -0.1) is 0 Å². The van der Waals surface area contributed by atoms with Crippen molar-refractivity contribution in [3.63, 3.8) is 0 Å². The monoisotopic (exact) mass is 475 g/mol. The summed E-state index contributed by atoms with van der Waals surface area (Å²) in [5, 5.41) is 0.797. The fourth-order valence-corrected chi connectivity index (χ4v) is 4.27. The van der Waals surface area contributed by atoms with Crippen molar-refractivity contribution in [3.05, 3.63) is 84.7 Å². The molecular weight excluding hydrogens is 450 g/mol. The van der Waals surface area contributed by atoms with Gasteiger partial charge >= 0.3 is 0 Å². The number of nitrogens with zero attached hydrogens (tertiary/aromatic N) is 3. The number of benzene rings is 2. The minimum absolute atomic E-state index is 0.104. The van der Waals surface area contributed by atoms with Gasteiger partial charge in [0.25, 0.3) is 5.91 Å². The van der Waals surface area contributed by atoms with Crippen LogP contribution >= 0.6 is 0 Å². The minimum atomic E-state index is -3.29. The van der Waals surface area contributed by atoms with Gasteiger partial charge < -0.3 is 9.64 Å². The predicted molar refractivity (Wildman–Crippen MR) is 132 cm³/mol. The Labute approximate surface area is 199 Å². The van der Waals surface area contributed by atoms with Crippen molar-refractivity contribution in [2.75, 3.05) is 26.5 Å². The second-order valence-electron chi connectivity index (χ2n) is 7.98. The lowest BCUT2D eigenvalue weighted by Crippen LogP contribution is -2.29. The van der Waals surface area contributed by atoms with E-state index in [1.165, 1.54) is 12.1 Å². The highest BCUT2D eigenvalue weighted by atomic mass is 32.2. The molecule has 0 atom stereocenters. The van der Waals surface area contributed by atoms with Gasteiger partial charge in [-0.3, -0.25) is 9.78 Å². The van der Waals surface area contributed by atoms with Crippen molar-refractivity contribution in [3.8, 4) is 17.0 Å². The molecule has 2 heterocycles. The standard InChI is InChI=1S/C26H25N3O4S/c1-29(15-6-16-33-20-7-5-8-21(17-20)34(2,31)32)26(30)23-18-25(19-11-13-27-14-12-19)28-24-10-4-3-9-22(23)24/h3-5,7-14,17-18H,6,15-16H2,1-2H3. The summed E-state index contributed by atoms with van der Waals surface area (Å²) in [5.74, 6) is 0.381. The first-order valence-electron chi connectivity index (χ1n) is 10.8. The molecule has 2 aromatic carbocycles. The smallest absolute Gasteiger partial charge is 0.254 e. The maximum Gasteiger partial charge on any atom is 0.254 e. The van der Waals surface area contributed by atoms with Crippen LogP contribution in [0.3, 0.4) is 0 Å². The summed E-state index contributed by atoms with van der Waals surface area (Å²) < 4.78 is 29.1. The first-order valence-corrected chi connectivity index (χ1v) is 12.7. The van der Waals surface area contributed by atoms with E-state index in [4.69, 9.17) is 9.72 Å². The molecule has 2 aromatic heterocycles. The molecule has 0 unspecified atom stereocenters. The Balaban J connectivity index is 1.46. The molecule has 0 N–H and O–H groups in total. The van der Waals surface area contributed by atoms with Crippen LogP contribution in [0.25, 0.3) is 22.2 Å². The molecule has 0 bridgehead atoms. The second-order valence-corrected chi connectivity index (χ2v) is 10.00. The van der Waals surface area contributed by atoms with Gasteiger partial charge in [0.05, 0.1) is 28.3 Å². The molecule has 0 aliphatic rings. The van der Waals surface area contributed by atoms with Crippen LogP contribution in [0.15, 0.2) is 84.0 Å². The number of hydrogen-bond donors (Lipinski definition) is 0. The predicted octanol–water partition coefficient (Wildman–Crippen LogP) is 4.24. The molecule has 0 saturated heterocycles. The van der Waals surface area contributed by atoms with Gasteiger partial charge in [-0.2, -0.15) is 0 Å². The van der Waals surface area contributed by atoms with E-state index in [0.717, 1.165) is 22.7 Å². The average Bonchev–Trinajstić information content (AvgIpc) is 2.85. The summed E-state index contributed by atoms with van der Waals surface area (Å²) in [4.78, 5) is 24.0. The largest absolute Gasteiger partial charge is 0.493 e. The third-order valence-corrected chi connectivity index (χ3v) is 6.52. The van der Waals surface area contributed by atoms with Crippen LogP contribution in [0.4, 0.5) is 0 Å². The molecule has 0 spiro atoms. The van der Waals surface area contributed by atoms with Gasteiger partial charge in [0.15, 0.2) is 9.84 Å². The third kappa shape index (κ3) is 5.40. The molecule has 0 aliphatic heterocycles. The van der Waals surface area contributed by atoms with Crippen LogP contribution in [0, 0.1) is 0 Å². The third-order valence-electron chi connectivity index (χ3n) is 5.41.